The second-order valence-electron chi connectivity index (χ2n) is 18.4. The highest BCUT2D eigenvalue weighted by molar-refractivity contribution is 7.78. The van der Waals surface area contributed by atoms with Crippen LogP contribution in [0.3, 0.4) is 0 Å². The summed E-state index contributed by atoms with van der Waals surface area (Å²) in [5.41, 5.74) is 2.86. The van der Waals surface area contributed by atoms with Gasteiger partial charge in [0.15, 0.2) is 32.1 Å². The average Bonchev–Trinajstić information content (AvgIpc) is 4.33. The van der Waals surface area contributed by atoms with Gasteiger partial charge in [-0.15, -0.1) is 77.3 Å². The lowest BCUT2D eigenvalue weighted by Gasteiger charge is -2.25. The van der Waals surface area contributed by atoms with E-state index in [1.165, 1.54) is 89.4 Å². The molecule has 0 bridgehead atoms. The highest BCUT2D eigenvalue weighted by atomic mass is 35.5. The third-order valence-electron chi connectivity index (χ3n) is 10.6. The van der Waals surface area contributed by atoms with E-state index in [9.17, 15) is 38.4 Å². The number of aliphatic imine (C=N–C) groups is 1. The van der Waals surface area contributed by atoms with Gasteiger partial charge in [-0.2, -0.15) is 0 Å². The topological polar surface area (TPSA) is 337 Å². The van der Waals surface area contributed by atoms with Crippen LogP contribution < -0.4 is 30.2 Å². The Balaban J connectivity index is 0.000000340. The Hall–Kier alpha value is -6.91. The third-order valence-corrected chi connectivity index (χ3v) is 17.3. The number of aliphatic carboxylic acids is 1. The number of esters is 3. The number of ether oxygens (including phenoxy) is 3. The Kier molecular flexibility index (Phi) is 32.5. The molecule has 462 valence electrons. The first kappa shape index (κ1) is 72.3. The summed E-state index contributed by atoms with van der Waals surface area (Å²) in [5, 5.41) is 47.2. The molecule has 0 spiro atoms. The van der Waals surface area contributed by atoms with Crippen molar-refractivity contribution < 1.29 is 57.7 Å². The van der Waals surface area contributed by atoms with E-state index in [0.717, 1.165) is 73.3 Å². The number of halogens is 1. The summed E-state index contributed by atoms with van der Waals surface area (Å²) in [6, 6.07) is 0. The molecule has 85 heavy (non-hydrogen) atoms. The molecule has 2 amide bonds. The van der Waals surface area contributed by atoms with Crippen molar-refractivity contribution in [2.45, 2.75) is 76.0 Å². The number of rotatable bonds is 23. The van der Waals surface area contributed by atoms with Crippen molar-refractivity contribution in [2.75, 3.05) is 120 Å². The maximum Gasteiger partial charge on any atom is 0.313 e. The van der Waals surface area contributed by atoms with Crippen molar-refractivity contribution in [1.82, 2.24) is 40.3 Å². The number of aromatic nitrogens is 8. The molecule has 0 aliphatic heterocycles. The van der Waals surface area contributed by atoms with E-state index < -0.39 is 17.9 Å². The van der Waals surface area contributed by atoms with E-state index in [-0.39, 0.29) is 92.1 Å². The Morgan fingerprint density at radius 1 is 0.588 bits per heavy atom. The van der Waals surface area contributed by atoms with Gasteiger partial charge in [-0.05, 0) is 31.5 Å². The summed E-state index contributed by atoms with van der Waals surface area (Å²) in [4.78, 5) is 116. The smallest absolute Gasteiger partial charge is 0.313 e. The number of alkyl halides is 1. The van der Waals surface area contributed by atoms with Crippen LogP contribution in [0, 0.1) is 0 Å². The minimum absolute atomic E-state index is 0.00431. The fourth-order valence-electron chi connectivity index (χ4n) is 6.59. The number of carbonyl (C=O) groups excluding carboxylic acids is 7. The second kappa shape index (κ2) is 38.2. The van der Waals surface area contributed by atoms with Crippen molar-refractivity contribution in [2.24, 2.45) is 4.99 Å². The maximum atomic E-state index is 12.5. The molecule has 6 heterocycles. The molecule has 6 aromatic heterocycles. The number of methoxy groups -OCH3 is 3. The summed E-state index contributed by atoms with van der Waals surface area (Å²) < 4.78 is 13.0. The third kappa shape index (κ3) is 27.8. The summed E-state index contributed by atoms with van der Waals surface area (Å²) >= 11 is 18.2. The van der Waals surface area contributed by atoms with Gasteiger partial charge in [0.2, 0.25) is 22.1 Å². The zero-order valence-electron chi connectivity index (χ0n) is 48.4. The number of Topliss-reactive ketones (excluding diaryl/α,β-unsaturated/α-hetero) is 2. The molecule has 1 saturated carbocycles. The van der Waals surface area contributed by atoms with Gasteiger partial charge >= 0.3 is 23.9 Å². The van der Waals surface area contributed by atoms with E-state index in [1.54, 1.807) is 5.38 Å². The van der Waals surface area contributed by atoms with Crippen LogP contribution in [-0.2, 0) is 78.3 Å². The fraction of sp³-hybridized carbons (Fsp3) is 0.500. The van der Waals surface area contributed by atoms with Gasteiger partial charge in [-0.1, -0.05) is 29.1 Å². The van der Waals surface area contributed by atoms with Gasteiger partial charge in [-0.3, -0.25) is 38.4 Å². The summed E-state index contributed by atoms with van der Waals surface area (Å²) in [7, 11) is 19.1. The number of isothiocyanates is 1. The highest BCUT2D eigenvalue weighted by Gasteiger charge is 2.30. The second-order valence-corrected chi connectivity index (χ2v) is 24.2. The van der Waals surface area contributed by atoms with Gasteiger partial charge in [0, 0.05) is 89.7 Å². The first-order valence-electron chi connectivity index (χ1n) is 25.2. The van der Waals surface area contributed by atoms with Crippen molar-refractivity contribution in [3.05, 3.63) is 54.3 Å². The number of carbonyl (C=O) groups is 8. The summed E-state index contributed by atoms with van der Waals surface area (Å²) in [6.07, 6.45) is 4.11. The minimum atomic E-state index is -0.842. The standard InChI is InChI=1S/C24H30N10O2S4.C8H12N2O2S.C7H10N2O2S.C6H7NO3S.C5H7ClO3/c1-33(2)23-25-15(11-37-23)9-17(35)27-21-31-29-19(39-21)13-6-5-7-14(8-13)20-30-32-22(40-20)28-18(36)10-16-12-38-24(26-16)34(3)4;1-10(2)8-9-6(5-13-8)4-7(11)12-3;1-9(2)7-8-5(4-12-7)3-6(10)11;1-10-6(9)2-5(8)3-7-4-11;1-9-5(8)2-4(7)3-6/h11-14H,5-10H2,1-4H3,(H,27,31,35)(H,28,32,36);5H,4H2,1-3H3;4H,3H2,1-2H3,(H,10,11);2-3H2,1H3;2-3H2,1H3/t13-,14-;;;;/m0..../s1. The molecule has 0 radical (unpaired) electrons. The molecule has 0 unspecified atom stereocenters. The van der Waals surface area contributed by atoms with Crippen molar-refractivity contribution in [1.29, 1.82) is 0 Å². The minimum Gasteiger partial charge on any atom is -0.481 e. The molecule has 1 aliphatic rings. The number of anilines is 6. The van der Waals surface area contributed by atoms with Gasteiger partial charge in [0.25, 0.3) is 0 Å². The maximum absolute atomic E-state index is 12.5. The predicted molar refractivity (Wildman–Crippen MR) is 335 cm³/mol. The lowest BCUT2D eigenvalue weighted by molar-refractivity contribution is -0.144. The van der Waals surface area contributed by atoms with Crippen LogP contribution in [0.15, 0.2) is 26.5 Å². The van der Waals surface area contributed by atoms with Crippen LogP contribution in [0.4, 0.5) is 30.8 Å². The van der Waals surface area contributed by atoms with Gasteiger partial charge in [0.05, 0.1) is 80.8 Å². The number of thiazole rings is 4. The molecule has 0 saturated heterocycles. The number of carboxylic acids is 1. The average molecular weight is 1330 g/mol. The molecular weight excluding hydrogens is 1260 g/mol. The summed E-state index contributed by atoms with van der Waals surface area (Å²) in [6.45, 7) is -0.0986. The number of hydrogen-bond acceptors (Lipinski definition) is 31. The van der Waals surface area contributed by atoms with Crippen LogP contribution in [0.25, 0.3) is 0 Å². The number of ketones is 2. The Labute approximate surface area is 525 Å². The fourth-order valence-corrected chi connectivity index (χ4v) is 11.6. The first-order valence-corrected chi connectivity index (χ1v) is 31.2. The normalized spacial score (nSPS) is 12.8. The first-order chi connectivity index (χ1) is 40.4. The predicted octanol–water partition coefficient (Wildman–Crippen LogP) is 6.58. The van der Waals surface area contributed by atoms with Gasteiger partial charge in [0.1, 0.15) is 29.4 Å². The molecule has 0 aromatic carbocycles. The molecular formula is C50H66ClN15O12S7. The Morgan fingerprint density at radius 3 is 1.28 bits per heavy atom. The number of nitrogens with zero attached hydrogens (tertiary/aromatic N) is 13. The number of nitrogens with one attached hydrogen (secondary N) is 2. The zero-order valence-corrected chi connectivity index (χ0v) is 54.9. The lowest BCUT2D eigenvalue weighted by Crippen LogP contribution is -2.15. The van der Waals surface area contributed by atoms with E-state index in [4.69, 9.17) is 16.7 Å². The number of carboxylic acid groups (broad SMARTS) is 1. The number of hydrogen-bond donors (Lipinski definition) is 3. The lowest BCUT2D eigenvalue weighted by atomic mass is 9.82. The van der Waals surface area contributed by atoms with Crippen LogP contribution in [-0.4, -0.2) is 188 Å². The van der Waals surface area contributed by atoms with Crippen LogP contribution in [0.1, 0.15) is 83.2 Å². The molecule has 27 nitrogen and oxygen atoms in total. The molecule has 35 heteroatoms. The van der Waals surface area contributed by atoms with Crippen molar-refractivity contribution >= 4 is 175 Å². The zero-order chi connectivity index (χ0) is 63.2. The van der Waals surface area contributed by atoms with Gasteiger partial charge < -0.3 is 49.6 Å². The monoisotopic (exact) mass is 1330 g/mol. The molecule has 1 fully saturated rings. The molecule has 2 atom stereocenters. The van der Waals surface area contributed by atoms with Crippen LogP contribution >= 0.6 is 91.8 Å². The largest absolute Gasteiger partial charge is 0.481 e. The van der Waals surface area contributed by atoms with Gasteiger partial charge in [-0.25, -0.2) is 24.9 Å². The molecule has 7 rings (SSSR count). The molecule has 6 aromatic rings. The van der Waals surface area contributed by atoms with E-state index in [0.29, 0.717) is 16.0 Å². The van der Waals surface area contributed by atoms with E-state index >= 15 is 0 Å². The van der Waals surface area contributed by atoms with E-state index in [2.05, 4.69) is 82.4 Å². The Morgan fingerprint density at radius 2 is 0.953 bits per heavy atom. The SMILES string of the molecule is CN(C)c1nc(CC(=O)Nc2nnc([C@H]3CCC[C@H](c4nnc(NC(=O)Cc5csc(N(C)C)n5)s4)C3)s2)cs1.CN(C)c1nc(CC(=O)O)cs1.COC(=O)CC(=O)CCl.COC(=O)CC(=O)CN=C=S.COC(=O)Cc1csc(N(C)C)n1. The van der Waals surface area contributed by atoms with Crippen molar-refractivity contribution in [3.8, 4) is 0 Å². The Bertz CT molecular complexity index is 3050. The highest BCUT2D eigenvalue weighted by Crippen LogP contribution is 2.43. The number of thiocarbonyl (C=S) groups is 1. The molecule has 1 aliphatic carbocycles. The van der Waals surface area contributed by atoms with Crippen LogP contribution in [0.2, 0.25) is 0 Å². The summed E-state index contributed by atoms with van der Waals surface area (Å²) in [5.74, 6) is -2.81. The quantitative estimate of drug-likeness (QED) is 0.0152. The van der Waals surface area contributed by atoms with Crippen LogP contribution in [0.5, 0.6) is 0 Å². The van der Waals surface area contributed by atoms with Crippen molar-refractivity contribution in [3.63, 3.8) is 0 Å². The number of amides is 2. The molecule has 3 N–H and O–H groups in total. The van der Waals surface area contributed by atoms with E-state index in [1.807, 2.05) is 97.3 Å².